The van der Waals surface area contributed by atoms with Crippen molar-refractivity contribution in [2.24, 2.45) is 0 Å². The predicted octanol–water partition coefficient (Wildman–Crippen LogP) is 0.805. The lowest BCUT2D eigenvalue weighted by atomic mass is 9.79. The molecule has 23 heavy (non-hydrogen) atoms. The van der Waals surface area contributed by atoms with Crippen molar-refractivity contribution in [3.8, 4) is 0 Å². The van der Waals surface area contributed by atoms with E-state index >= 15 is 0 Å². The molecule has 3 N–H and O–H groups in total. The van der Waals surface area contributed by atoms with Crippen LogP contribution in [0.5, 0.6) is 0 Å². The predicted molar refractivity (Wildman–Crippen MR) is 77.2 cm³/mol. The molecule has 0 aliphatic heterocycles. The van der Waals surface area contributed by atoms with Crippen LogP contribution >= 0.6 is 0 Å². The summed E-state index contributed by atoms with van der Waals surface area (Å²) in [5.41, 5.74) is -1.42. The largest absolute Gasteiger partial charge is 0.491 e. The molecule has 2 rings (SSSR count). The number of benzene rings is 2. The van der Waals surface area contributed by atoms with Crippen molar-refractivity contribution in [3.63, 3.8) is 0 Å². The summed E-state index contributed by atoms with van der Waals surface area (Å²) in [7, 11) is -2.02. The minimum Gasteiger partial charge on any atom is -0.423 e. The lowest BCUT2D eigenvalue weighted by Crippen LogP contribution is -2.33. The van der Waals surface area contributed by atoms with Gasteiger partial charge in [0.2, 0.25) is 5.82 Å². The number of halogens is 2. The van der Waals surface area contributed by atoms with Gasteiger partial charge >= 0.3 is 12.8 Å². The SMILES string of the molecule is O=C(Nc1ccc(F)c([N+](=O)[O-])c1)c1ccc(B(O)O)c(F)c1. The molecule has 0 spiro atoms. The van der Waals surface area contributed by atoms with Gasteiger partial charge in [-0.05, 0) is 24.3 Å². The fourth-order valence-corrected chi connectivity index (χ4v) is 1.81. The van der Waals surface area contributed by atoms with E-state index in [1.54, 1.807) is 0 Å². The van der Waals surface area contributed by atoms with Crippen LogP contribution in [0.25, 0.3) is 0 Å². The lowest BCUT2D eigenvalue weighted by Gasteiger charge is -2.07. The number of hydrogen-bond donors (Lipinski definition) is 3. The monoisotopic (exact) mass is 322 g/mol. The average molecular weight is 322 g/mol. The summed E-state index contributed by atoms with van der Waals surface area (Å²) >= 11 is 0. The van der Waals surface area contributed by atoms with Gasteiger partial charge in [-0.1, -0.05) is 6.07 Å². The van der Waals surface area contributed by atoms with E-state index in [1.165, 1.54) is 0 Å². The van der Waals surface area contributed by atoms with E-state index in [0.717, 1.165) is 36.4 Å². The van der Waals surface area contributed by atoms with Gasteiger partial charge in [-0.2, -0.15) is 4.39 Å². The van der Waals surface area contributed by atoms with Crippen molar-refractivity contribution in [1.29, 1.82) is 0 Å². The van der Waals surface area contributed by atoms with Crippen LogP contribution in [0.2, 0.25) is 0 Å². The number of nitrogens with zero attached hydrogens (tertiary/aromatic N) is 1. The van der Waals surface area contributed by atoms with Gasteiger partial charge in [0.25, 0.3) is 5.91 Å². The second-order valence-corrected chi connectivity index (χ2v) is 4.49. The highest BCUT2D eigenvalue weighted by molar-refractivity contribution is 6.58. The number of rotatable bonds is 4. The van der Waals surface area contributed by atoms with E-state index in [2.05, 4.69) is 5.32 Å². The van der Waals surface area contributed by atoms with Crippen LogP contribution in [-0.4, -0.2) is 28.0 Å². The van der Waals surface area contributed by atoms with Crippen molar-refractivity contribution >= 4 is 29.9 Å². The van der Waals surface area contributed by atoms with Crippen LogP contribution in [0.3, 0.4) is 0 Å². The number of nitrogens with one attached hydrogen (secondary N) is 1. The molecular formula is C13H9BF2N2O5. The molecule has 0 bridgehead atoms. The number of nitro benzene ring substituents is 1. The molecule has 0 aromatic heterocycles. The third-order valence-electron chi connectivity index (χ3n) is 2.94. The summed E-state index contributed by atoms with van der Waals surface area (Å²) in [5.74, 6) is -2.86. The molecule has 1 amide bonds. The topological polar surface area (TPSA) is 113 Å². The summed E-state index contributed by atoms with van der Waals surface area (Å²) in [5, 5.41) is 30.7. The van der Waals surface area contributed by atoms with Gasteiger partial charge in [0, 0.05) is 22.8 Å². The molecule has 0 heterocycles. The number of carbonyl (C=O) groups is 1. The van der Waals surface area contributed by atoms with E-state index < -0.39 is 40.7 Å². The van der Waals surface area contributed by atoms with Crippen molar-refractivity contribution in [2.75, 3.05) is 5.32 Å². The first kappa shape index (κ1) is 16.5. The molecule has 0 unspecified atom stereocenters. The highest BCUT2D eigenvalue weighted by atomic mass is 19.1. The minimum atomic E-state index is -2.02. The fraction of sp³-hybridized carbons (Fsp3) is 0. The first-order chi connectivity index (χ1) is 10.8. The van der Waals surface area contributed by atoms with E-state index in [4.69, 9.17) is 10.0 Å². The quantitative estimate of drug-likeness (QED) is 0.438. The second-order valence-electron chi connectivity index (χ2n) is 4.49. The Morgan fingerprint density at radius 3 is 2.39 bits per heavy atom. The van der Waals surface area contributed by atoms with Gasteiger partial charge < -0.3 is 15.4 Å². The van der Waals surface area contributed by atoms with E-state index in [1.807, 2.05) is 0 Å². The van der Waals surface area contributed by atoms with Crippen molar-refractivity contribution in [3.05, 3.63) is 63.7 Å². The zero-order valence-corrected chi connectivity index (χ0v) is 11.4. The smallest absolute Gasteiger partial charge is 0.423 e. The van der Waals surface area contributed by atoms with Gasteiger partial charge in [-0.3, -0.25) is 14.9 Å². The second kappa shape index (κ2) is 6.50. The zero-order valence-electron chi connectivity index (χ0n) is 11.4. The van der Waals surface area contributed by atoms with E-state index in [-0.39, 0.29) is 11.3 Å². The lowest BCUT2D eigenvalue weighted by molar-refractivity contribution is -0.387. The molecule has 0 fully saturated rings. The molecule has 0 aliphatic rings. The Morgan fingerprint density at radius 2 is 1.83 bits per heavy atom. The number of nitro groups is 1. The number of carbonyl (C=O) groups excluding carboxylic acids is 1. The van der Waals surface area contributed by atoms with E-state index in [0.29, 0.717) is 0 Å². The average Bonchev–Trinajstić information content (AvgIpc) is 2.48. The molecule has 7 nitrogen and oxygen atoms in total. The minimum absolute atomic E-state index is 0.0465. The number of hydrogen-bond acceptors (Lipinski definition) is 5. The summed E-state index contributed by atoms with van der Waals surface area (Å²) in [4.78, 5) is 21.6. The summed E-state index contributed by atoms with van der Waals surface area (Å²) in [6, 6.07) is 5.70. The third kappa shape index (κ3) is 3.68. The molecule has 10 heteroatoms. The number of amides is 1. The molecule has 118 valence electrons. The Morgan fingerprint density at radius 1 is 1.13 bits per heavy atom. The van der Waals surface area contributed by atoms with Crippen LogP contribution in [0.15, 0.2) is 36.4 Å². The molecule has 0 atom stereocenters. The molecular weight excluding hydrogens is 313 g/mol. The van der Waals surface area contributed by atoms with Crippen LogP contribution in [0.1, 0.15) is 10.4 Å². The maximum absolute atomic E-state index is 13.6. The van der Waals surface area contributed by atoms with Gasteiger partial charge in [0.15, 0.2) is 0 Å². The Balaban J connectivity index is 2.24. The summed E-state index contributed by atoms with van der Waals surface area (Å²) in [6.45, 7) is 0. The van der Waals surface area contributed by atoms with E-state index in [9.17, 15) is 23.7 Å². The standard InChI is InChI=1S/C13H9BF2N2O5/c15-10-4-2-8(6-12(10)18(22)23)17-13(19)7-1-3-9(14(20)21)11(16)5-7/h1-6,20-21H,(H,17,19). The van der Waals surface area contributed by atoms with Crippen LogP contribution in [0, 0.1) is 21.7 Å². The Kier molecular flexibility index (Phi) is 4.67. The highest BCUT2D eigenvalue weighted by Crippen LogP contribution is 2.22. The molecule has 2 aromatic carbocycles. The Hall–Kier alpha value is -2.85. The Bertz CT molecular complexity index is 785. The van der Waals surface area contributed by atoms with Crippen molar-refractivity contribution < 1.29 is 28.5 Å². The first-order valence-corrected chi connectivity index (χ1v) is 6.20. The third-order valence-corrected chi connectivity index (χ3v) is 2.94. The highest BCUT2D eigenvalue weighted by Gasteiger charge is 2.19. The maximum atomic E-state index is 13.6. The normalized spacial score (nSPS) is 10.3. The van der Waals surface area contributed by atoms with Crippen molar-refractivity contribution in [1.82, 2.24) is 0 Å². The van der Waals surface area contributed by atoms with Crippen LogP contribution in [0.4, 0.5) is 20.2 Å². The van der Waals surface area contributed by atoms with Gasteiger partial charge in [0.05, 0.1) is 4.92 Å². The summed E-state index contributed by atoms with van der Waals surface area (Å²) in [6.07, 6.45) is 0. The van der Waals surface area contributed by atoms with Crippen LogP contribution < -0.4 is 10.8 Å². The molecule has 0 saturated heterocycles. The maximum Gasteiger partial charge on any atom is 0.491 e. The molecule has 0 radical (unpaired) electrons. The van der Waals surface area contributed by atoms with Gasteiger partial charge in [-0.25, -0.2) is 4.39 Å². The first-order valence-electron chi connectivity index (χ1n) is 6.20. The number of anilines is 1. The van der Waals surface area contributed by atoms with Crippen molar-refractivity contribution in [2.45, 2.75) is 0 Å². The molecule has 0 aliphatic carbocycles. The zero-order chi connectivity index (χ0) is 17.1. The summed E-state index contributed by atoms with van der Waals surface area (Å²) < 4.78 is 26.8. The Labute approximate surface area is 128 Å². The molecule has 2 aromatic rings. The van der Waals surface area contributed by atoms with Crippen LogP contribution in [-0.2, 0) is 0 Å². The van der Waals surface area contributed by atoms with Gasteiger partial charge in [-0.15, -0.1) is 0 Å². The van der Waals surface area contributed by atoms with Gasteiger partial charge in [0.1, 0.15) is 5.82 Å². The molecule has 0 saturated carbocycles. The fourth-order valence-electron chi connectivity index (χ4n) is 1.81.